The topological polar surface area (TPSA) is 98.8 Å². The summed E-state index contributed by atoms with van der Waals surface area (Å²) in [7, 11) is 0. The lowest BCUT2D eigenvalue weighted by molar-refractivity contribution is -0.312. The molecule has 0 radical (unpaired) electrons. The van der Waals surface area contributed by atoms with Gasteiger partial charge in [-0.25, -0.2) is 0 Å². The number of hydrogen-bond donors (Lipinski definition) is 1. The molecule has 1 N–H and O–H groups in total. The van der Waals surface area contributed by atoms with Crippen molar-refractivity contribution in [1.82, 2.24) is 5.32 Å². The summed E-state index contributed by atoms with van der Waals surface area (Å²) in [5, 5.41) is 13.3. The highest BCUT2D eigenvalue weighted by atomic mass is 32.1. The molecule has 1 saturated heterocycles. The van der Waals surface area contributed by atoms with Crippen LogP contribution in [0.1, 0.15) is 12.5 Å². The predicted octanol–water partition coefficient (Wildman–Crippen LogP) is 1.04. The molecule has 1 fully saturated rings. The van der Waals surface area contributed by atoms with Crippen LogP contribution in [0.3, 0.4) is 0 Å². The minimum absolute atomic E-state index is 0.0124. The van der Waals surface area contributed by atoms with E-state index in [-0.39, 0.29) is 10.7 Å². The molecule has 1 aliphatic heterocycles. The lowest BCUT2D eigenvalue weighted by Gasteiger charge is -2.28. The molecule has 3 rings (SSSR count). The number of carbonyl (C=O) groups is 3. The van der Waals surface area contributed by atoms with Crippen LogP contribution >= 0.6 is 12.2 Å². The van der Waals surface area contributed by atoms with Gasteiger partial charge in [-0.05, 0) is 55.0 Å². The van der Waals surface area contributed by atoms with Crippen molar-refractivity contribution in [2.24, 2.45) is 0 Å². The minimum Gasteiger partial charge on any atom is -0.546 e. The van der Waals surface area contributed by atoms with Crippen molar-refractivity contribution in [3.05, 3.63) is 65.7 Å². The third kappa shape index (κ3) is 4.07. The van der Waals surface area contributed by atoms with Gasteiger partial charge in [-0.1, -0.05) is 30.3 Å². The highest BCUT2D eigenvalue weighted by Crippen LogP contribution is 2.22. The fourth-order valence-corrected chi connectivity index (χ4v) is 2.81. The molecular weight excluding hydrogens is 380 g/mol. The second-order valence-corrected chi connectivity index (χ2v) is 6.33. The molecule has 8 heteroatoms. The highest BCUT2D eigenvalue weighted by Gasteiger charge is 2.34. The first kappa shape index (κ1) is 19.2. The van der Waals surface area contributed by atoms with Crippen LogP contribution in [0.15, 0.2) is 60.2 Å². The smallest absolute Gasteiger partial charge is 0.270 e. The molecule has 2 amide bonds. The van der Waals surface area contributed by atoms with Gasteiger partial charge in [0.1, 0.15) is 17.4 Å². The van der Waals surface area contributed by atoms with Gasteiger partial charge in [-0.3, -0.25) is 19.8 Å². The number of aliphatic carboxylic acids is 1. The number of rotatable bonds is 5. The van der Waals surface area contributed by atoms with Gasteiger partial charge in [0.2, 0.25) is 0 Å². The lowest BCUT2D eigenvalue weighted by Crippen LogP contribution is -2.54. The molecule has 142 valence electrons. The number of para-hydroxylation sites is 1. The third-order valence-corrected chi connectivity index (χ3v) is 4.24. The van der Waals surface area contributed by atoms with Crippen LogP contribution in [-0.2, 0) is 14.4 Å². The van der Waals surface area contributed by atoms with Gasteiger partial charge in [0.15, 0.2) is 5.11 Å². The lowest BCUT2D eigenvalue weighted by atomic mass is 10.1. The third-order valence-electron chi connectivity index (χ3n) is 3.95. The Morgan fingerprint density at radius 2 is 1.79 bits per heavy atom. The van der Waals surface area contributed by atoms with Crippen molar-refractivity contribution >= 4 is 46.9 Å². The van der Waals surface area contributed by atoms with E-state index in [1.165, 1.54) is 30.0 Å². The summed E-state index contributed by atoms with van der Waals surface area (Å²) in [4.78, 5) is 37.1. The first-order chi connectivity index (χ1) is 13.4. The van der Waals surface area contributed by atoms with Gasteiger partial charge in [0, 0.05) is 0 Å². The Kier molecular flexibility index (Phi) is 5.51. The summed E-state index contributed by atoms with van der Waals surface area (Å²) < 4.78 is 5.20. The van der Waals surface area contributed by atoms with Gasteiger partial charge in [-0.2, -0.15) is 0 Å². The molecule has 0 saturated carbocycles. The van der Waals surface area contributed by atoms with E-state index in [1.807, 2.05) is 0 Å². The number of hydrogen-bond acceptors (Lipinski definition) is 6. The Hall–Kier alpha value is -3.52. The number of carboxylic acids is 1. The van der Waals surface area contributed by atoms with Crippen molar-refractivity contribution in [1.29, 1.82) is 0 Å². The van der Waals surface area contributed by atoms with E-state index in [2.05, 4.69) is 5.32 Å². The number of ether oxygens (including phenoxy) is 1. The molecular formula is C20H15N2O5S-. The van der Waals surface area contributed by atoms with Crippen molar-refractivity contribution in [2.45, 2.75) is 13.0 Å². The van der Waals surface area contributed by atoms with Gasteiger partial charge in [0.05, 0.1) is 11.7 Å². The highest BCUT2D eigenvalue weighted by molar-refractivity contribution is 7.80. The maximum absolute atomic E-state index is 12.9. The second-order valence-electron chi connectivity index (χ2n) is 5.94. The van der Waals surface area contributed by atoms with Crippen molar-refractivity contribution in [3.63, 3.8) is 0 Å². The predicted molar refractivity (Wildman–Crippen MR) is 104 cm³/mol. The Balaban J connectivity index is 1.86. The normalized spacial score (nSPS) is 16.7. The number of carbonyl (C=O) groups excluding carboxylic acids is 3. The largest absolute Gasteiger partial charge is 0.546 e. The minimum atomic E-state index is -1.33. The van der Waals surface area contributed by atoms with E-state index in [0.717, 1.165) is 0 Å². The Morgan fingerprint density at radius 3 is 2.39 bits per heavy atom. The van der Waals surface area contributed by atoms with Crippen LogP contribution in [0, 0.1) is 0 Å². The van der Waals surface area contributed by atoms with Gasteiger partial charge in [0.25, 0.3) is 11.8 Å². The molecule has 1 aliphatic rings. The van der Waals surface area contributed by atoms with E-state index in [1.54, 1.807) is 42.5 Å². The van der Waals surface area contributed by atoms with Crippen LogP contribution in [0.25, 0.3) is 6.08 Å². The molecule has 1 unspecified atom stereocenters. The molecule has 0 aliphatic carbocycles. The number of nitrogens with zero attached hydrogens (tertiary/aromatic N) is 1. The van der Waals surface area contributed by atoms with Crippen LogP contribution < -0.4 is 20.1 Å². The van der Waals surface area contributed by atoms with Gasteiger partial charge in [-0.15, -0.1) is 0 Å². The molecule has 2 aromatic carbocycles. The Labute approximate surface area is 166 Å². The van der Waals surface area contributed by atoms with Crippen LogP contribution in [0.5, 0.6) is 5.75 Å². The molecule has 7 nitrogen and oxygen atoms in total. The number of carboxylic acid groups (broad SMARTS) is 1. The van der Waals surface area contributed by atoms with Crippen LogP contribution in [-0.4, -0.2) is 29.0 Å². The Morgan fingerprint density at radius 1 is 1.14 bits per heavy atom. The summed E-state index contributed by atoms with van der Waals surface area (Å²) in [5.74, 6) is -2.13. The molecule has 2 aromatic rings. The zero-order chi connectivity index (χ0) is 20.3. The van der Waals surface area contributed by atoms with Crippen molar-refractivity contribution in [3.8, 4) is 5.75 Å². The molecule has 0 aromatic heterocycles. The van der Waals surface area contributed by atoms with E-state index in [4.69, 9.17) is 17.0 Å². The average Bonchev–Trinajstić information content (AvgIpc) is 2.67. The van der Waals surface area contributed by atoms with Crippen LogP contribution in [0.4, 0.5) is 5.69 Å². The molecule has 0 bridgehead atoms. The van der Waals surface area contributed by atoms with Crippen molar-refractivity contribution in [2.75, 3.05) is 4.90 Å². The fraction of sp³-hybridized carbons (Fsp3) is 0.100. The number of anilines is 1. The number of benzene rings is 2. The maximum Gasteiger partial charge on any atom is 0.270 e. The van der Waals surface area contributed by atoms with Crippen LogP contribution in [0.2, 0.25) is 0 Å². The van der Waals surface area contributed by atoms with E-state index < -0.39 is 23.9 Å². The first-order valence-corrected chi connectivity index (χ1v) is 8.71. The van der Waals surface area contributed by atoms with Crippen molar-refractivity contribution < 1.29 is 24.2 Å². The monoisotopic (exact) mass is 395 g/mol. The first-order valence-electron chi connectivity index (χ1n) is 8.31. The number of amides is 2. The standard InChI is InChI=1S/C20H16N2O5S/c1-12(19(25)26)27-15-9-7-13(8-10-15)11-16-17(23)21-20(28)22(18(16)24)14-5-3-2-4-6-14/h2-12H,1H3,(H,25,26)(H,21,23,28)/p-1/b16-11+. The fourth-order valence-electron chi connectivity index (χ4n) is 2.53. The SMILES string of the molecule is CC(Oc1ccc(/C=C2\C(=O)NC(=S)N(c3ccccc3)C2=O)cc1)C(=O)[O-]. The second kappa shape index (κ2) is 8.01. The summed E-state index contributed by atoms with van der Waals surface area (Å²) in [6.07, 6.45) is 0.330. The zero-order valence-corrected chi connectivity index (χ0v) is 15.6. The molecule has 0 spiro atoms. The number of thiocarbonyl (C=S) groups is 1. The zero-order valence-electron chi connectivity index (χ0n) is 14.7. The summed E-state index contributed by atoms with van der Waals surface area (Å²) >= 11 is 5.14. The number of nitrogens with one attached hydrogen (secondary N) is 1. The van der Waals surface area contributed by atoms with Gasteiger partial charge < -0.3 is 14.6 Å². The summed E-state index contributed by atoms with van der Waals surface area (Å²) in [6, 6.07) is 15.0. The van der Waals surface area contributed by atoms with Gasteiger partial charge >= 0.3 is 0 Å². The quantitative estimate of drug-likeness (QED) is 0.461. The average molecular weight is 395 g/mol. The summed E-state index contributed by atoms with van der Waals surface area (Å²) in [6.45, 7) is 1.36. The Bertz CT molecular complexity index is 970. The molecule has 1 heterocycles. The molecule has 28 heavy (non-hydrogen) atoms. The van der Waals surface area contributed by atoms with E-state index in [9.17, 15) is 19.5 Å². The summed E-state index contributed by atoms with van der Waals surface area (Å²) in [5.41, 5.74) is 1.03. The van der Waals surface area contributed by atoms with E-state index in [0.29, 0.717) is 17.0 Å². The van der Waals surface area contributed by atoms with E-state index >= 15 is 0 Å². The maximum atomic E-state index is 12.9. The molecule has 1 atom stereocenters.